The van der Waals surface area contributed by atoms with Crippen LogP contribution >= 0.6 is 0 Å². The van der Waals surface area contributed by atoms with E-state index in [1.165, 1.54) is 0 Å². The average molecular weight is 472 g/mol. The Morgan fingerprint density at radius 1 is 0.882 bits per heavy atom. The quantitative estimate of drug-likeness (QED) is 0.244. The number of benzene rings is 1. The van der Waals surface area contributed by atoms with Crippen LogP contribution < -0.4 is 10.4 Å². The highest BCUT2D eigenvalue weighted by atomic mass is 16.6. The summed E-state index contributed by atoms with van der Waals surface area (Å²) in [5, 5.41) is 0.765. The zero-order valence-electron chi connectivity index (χ0n) is 19.2. The minimum Gasteiger partial charge on any atom is -0.491 e. The van der Waals surface area contributed by atoms with Crippen molar-refractivity contribution in [2.24, 2.45) is 0 Å². The summed E-state index contributed by atoms with van der Waals surface area (Å²) >= 11 is 0. The summed E-state index contributed by atoms with van der Waals surface area (Å²) in [7, 11) is 0. The molecule has 2 aromatic heterocycles. The molecule has 2 heterocycles. The smallest absolute Gasteiger partial charge is 0.345 e. The number of hydrogen-bond acceptors (Lipinski definition) is 9. The molecule has 0 saturated carbocycles. The van der Waals surface area contributed by atoms with E-state index in [0.29, 0.717) is 69.7 Å². The summed E-state index contributed by atoms with van der Waals surface area (Å²) in [6.07, 6.45) is 1.95. The van der Waals surface area contributed by atoms with Gasteiger partial charge < -0.3 is 28.1 Å². The molecule has 0 saturated heterocycles. The molecule has 0 spiro atoms. The Morgan fingerprint density at radius 2 is 1.53 bits per heavy atom. The lowest BCUT2D eigenvalue weighted by Gasteiger charge is -2.09. The largest absolute Gasteiger partial charge is 0.491 e. The number of fused-ring (bicyclic) bond motifs is 1. The number of ether oxygens (including phenoxy) is 5. The molecular formula is C25H29NO8. The lowest BCUT2D eigenvalue weighted by molar-refractivity contribution is -0.144. The molecule has 0 amide bonds. The molecule has 9 nitrogen and oxygen atoms in total. The summed E-state index contributed by atoms with van der Waals surface area (Å²) in [5.74, 6) is 0.448. The summed E-state index contributed by atoms with van der Waals surface area (Å²) in [6.45, 7) is 4.95. The fraction of sp³-hybridized carbons (Fsp3) is 0.400. The van der Waals surface area contributed by atoms with Crippen LogP contribution in [0.1, 0.15) is 13.3 Å². The van der Waals surface area contributed by atoms with Crippen molar-refractivity contribution >= 4 is 17.1 Å². The molecule has 1 aromatic carbocycles. The summed E-state index contributed by atoms with van der Waals surface area (Å²) in [5.41, 5.74) is 1.10. The Morgan fingerprint density at radius 3 is 2.21 bits per heavy atom. The molecule has 3 aromatic rings. The number of aromatic nitrogens is 1. The van der Waals surface area contributed by atoms with Gasteiger partial charge in [-0.3, -0.25) is 4.79 Å². The van der Waals surface area contributed by atoms with Gasteiger partial charge in [0.2, 0.25) is 5.71 Å². The molecule has 0 aliphatic rings. The van der Waals surface area contributed by atoms with Gasteiger partial charge in [0.25, 0.3) is 0 Å². The molecule has 0 N–H and O–H groups in total. The van der Waals surface area contributed by atoms with Crippen molar-refractivity contribution in [2.75, 3.05) is 52.9 Å². The zero-order chi connectivity index (χ0) is 24.0. The molecule has 0 unspecified atom stereocenters. The van der Waals surface area contributed by atoms with Crippen molar-refractivity contribution in [1.29, 1.82) is 0 Å². The van der Waals surface area contributed by atoms with Gasteiger partial charge >= 0.3 is 11.6 Å². The maximum Gasteiger partial charge on any atom is 0.345 e. The van der Waals surface area contributed by atoms with Crippen LogP contribution in [0.15, 0.2) is 57.9 Å². The Bertz CT molecular complexity index is 1080. The first kappa shape index (κ1) is 25.4. The number of carbonyl (C=O) groups excluding carboxylic acids is 1. The van der Waals surface area contributed by atoms with E-state index in [2.05, 4.69) is 4.98 Å². The Kier molecular flexibility index (Phi) is 10.5. The zero-order valence-corrected chi connectivity index (χ0v) is 19.2. The van der Waals surface area contributed by atoms with E-state index in [1.54, 1.807) is 37.4 Å². The van der Waals surface area contributed by atoms with Gasteiger partial charge in [-0.15, -0.1) is 0 Å². The summed E-state index contributed by atoms with van der Waals surface area (Å²) < 4.78 is 32.0. The van der Waals surface area contributed by atoms with E-state index >= 15 is 0 Å². The number of nitrogens with zero attached hydrogens (tertiary/aromatic N) is 1. The van der Waals surface area contributed by atoms with Crippen molar-refractivity contribution in [2.45, 2.75) is 13.3 Å². The maximum atomic E-state index is 12.3. The van der Waals surface area contributed by atoms with Gasteiger partial charge in [-0.2, -0.15) is 0 Å². The second kappa shape index (κ2) is 14.1. The van der Waals surface area contributed by atoms with Crippen molar-refractivity contribution in [3.8, 4) is 16.9 Å². The predicted octanol–water partition coefficient (Wildman–Crippen LogP) is 3.24. The van der Waals surface area contributed by atoms with E-state index in [4.69, 9.17) is 28.1 Å². The van der Waals surface area contributed by atoms with Crippen LogP contribution in [0.25, 0.3) is 22.2 Å². The fourth-order valence-corrected chi connectivity index (χ4v) is 2.96. The highest BCUT2D eigenvalue weighted by Crippen LogP contribution is 2.22. The predicted molar refractivity (Wildman–Crippen MR) is 125 cm³/mol. The molecule has 3 rings (SSSR count). The van der Waals surface area contributed by atoms with E-state index in [-0.39, 0.29) is 12.6 Å². The second-order valence-corrected chi connectivity index (χ2v) is 7.13. The highest BCUT2D eigenvalue weighted by molar-refractivity contribution is 5.78. The van der Waals surface area contributed by atoms with Crippen LogP contribution in [0.3, 0.4) is 0 Å². The van der Waals surface area contributed by atoms with E-state index in [9.17, 15) is 9.59 Å². The minimum atomic E-state index is -0.431. The molecule has 0 aliphatic carbocycles. The van der Waals surface area contributed by atoms with Crippen LogP contribution in [-0.2, 0) is 23.7 Å². The topological polar surface area (TPSA) is 106 Å². The lowest BCUT2D eigenvalue weighted by Crippen LogP contribution is -2.14. The number of esters is 1. The molecule has 34 heavy (non-hydrogen) atoms. The Hall–Kier alpha value is -3.27. The third kappa shape index (κ3) is 8.26. The third-order valence-corrected chi connectivity index (χ3v) is 4.69. The number of rotatable bonds is 15. The van der Waals surface area contributed by atoms with Crippen LogP contribution in [0.2, 0.25) is 0 Å². The van der Waals surface area contributed by atoms with Gasteiger partial charge in [-0.25, -0.2) is 9.78 Å². The van der Waals surface area contributed by atoms with Crippen molar-refractivity contribution in [1.82, 2.24) is 4.98 Å². The van der Waals surface area contributed by atoms with Crippen LogP contribution in [0.4, 0.5) is 0 Å². The molecule has 9 heteroatoms. The normalized spacial score (nSPS) is 11.0. The lowest BCUT2D eigenvalue weighted by atomic mass is 10.1. The van der Waals surface area contributed by atoms with Crippen LogP contribution in [0.5, 0.6) is 5.75 Å². The first-order valence-corrected chi connectivity index (χ1v) is 11.2. The first-order chi connectivity index (χ1) is 16.7. The van der Waals surface area contributed by atoms with Crippen molar-refractivity contribution in [3.05, 3.63) is 59.1 Å². The summed E-state index contributed by atoms with van der Waals surface area (Å²) in [4.78, 5) is 27.3. The SMILES string of the molecule is CCC(=O)OCCOCCOCCOCCOc1ccc(-c2cc3cccnc3oc2=O)cc1. The van der Waals surface area contributed by atoms with Gasteiger partial charge in [0.1, 0.15) is 19.0 Å². The van der Waals surface area contributed by atoms with Crippen molar-refractivity contribution in [3.63, 3.8) is 0 Å². The van der Waals surface area contributed by atoms with Gasteiger partial charge in [-0.05, 0) is 35.9 Å². The van der Waals surface area contributed by atoms with E-state index in [0.717, 1.165) is 10.9 Å². The highest BCUT2D eigenvalue weighted by Gasteiger charge is 2.08. The van der Waals surface area contributed by atoms with Gasteiger partial charge in [0.15, 0.2) is 0 Å². The Balaban J connectivity index is 1.26. The molecule has 182 valence electrons. The fourth-order valence-electron chi connectivity index (χ4n) is 2.96. The Labute approximate surface area is 197 Å². The average Bonchev–Trinajstić information content (AvgIpc) is 2.86. The molecule has 0 fully saturated rings. The molecule has 0 aliphatic heterocycles. The van der Waals surface area contributed by atoms with Crippen LogP contribution in [0, 0.1) is 0 Å². The monoisotopic (exact) mass is 471 g/mol. The minimum absolute atomic E-state index is 0.230. The molecule has 0 bridgehead atoms. The molecular weight excluding hydrogens is 442 g/mol. The van der Waals surface area contributed by atoms with Gasteiger partial charge in [-0.1, -0.05) is 19.1 Å². The van der Waals surface area contributed by atoms with Crippen molar-refractivity contribution < 1.29 is 32.9 Å². The molecule has 0 atom stereocenters. The first-order valence-electron chi connectivity index (χ1n) is 11.2. The summed E-state index contributed by atoms with van der Waals surface area (Å²) in [6, 6.07) is 12.6. The second-order valence-electron chi connectivity index (χ2n) is 7.13. The molecule has 0 radical (unpaired) electrons. The number of hydrogen-bond donors (Lipinski definition) is 0. The third-order valence-electron chi connectivity index (χ3n) is 4.69. The van der Waals surface area contributed by atoms with Gasteiger partial charge in [0, 0.05) is 18.0 Å². The van der Waals surface area contributed by atoms with Crippen LogP contribution in [-0.4, -0.2) is 63.8 Å². The standard InChI is InChI=1S/C25H29NO8/c1-2-23(27)33-17-15-31-13-11-29-10-12-30-14-16-32-21-7-5-19(6-8-21)22-18-20-4-3-9-26-24(20)34-25(22)28/h3-9,18H,2,10-17H2,1H3. The van der Waals surface area contributed by atoms with E-state index < -0.39 is 5.63 Å². The number of carbonyl (C=O) groups is 1. The maximum absolute atomic E-state index is 12.3. The van der Waals surface area contributed by atoms with E-state index in [1.807, 2.05) is 18.2 Å². The van der Waals surface area contributed by atoms with Gasteiger partial charge in [0.05, 0.1) is 45.2 Å². The number of pyridine rings is 1.